The van der Waals surface area contributed by atoms with Crippen LogP contribution in [0.1, 0.15) is 33.0 Å². The number of aryl methyl sites for hydroxylation is 2. The molecule has 0 saturated carbocycles. The van der Waals surface area contributed by atoms with E-state index in [1.54, 1.807) is 42.5 Å². The van der Waals surface area contributed by atoms with E-state index in [1.807, 2.05) is 24.3 Å². The first-order valence-electron chi connectivity index (χ1n) is 9.98. The number of carbonyl (C=O) groups is 1. The molecule has 8 heteroatoms. The minimum Gasteiger partial charge on any atom is -0.477 e. The number of benzene rings is 2. The summed E-state index contributed by atoms with van der Waals surface area (Å²) in [7, 11) is -3.61. The third kappa shape index (κ3) is 6.64. The minimum absolute atomic E-state index is 0.280. The Hall–Kier alpha value is -2.19. The van der Waals surface area contributed by atoms with E-state index in [4.69, 9.17) is 16.7 Å². The SMILES string of the molecule is O=C(O)c1ccc(CCCN(CCCc2cccc(Cl)c2)S(=O)(=O)c2ccccc2)s1. The summed E-state index contributed by atoms with van der Waals surface area (Å²) in [4.78, 5) is 12.6. The van der Waals surface area contributed by atoms with Crippen molar-refractivity contribution in [2.45, 2.75) is 30.6 Å². The summed E-state index contributed by atoms with van der Waals surface area (Å²) in [6.45, 7) is 0.766. The molecular weight excluding hydrogens is 454 g/mol. The van der Waals surface area contributed by atoms with Gasteiger partial charge in [-0.15, -0.1) is 11.3 Å². The van der Waals surface area contributed by atoms with Crippen LogP contribution < -0.4 is 0 Å². The first kappa shape index (κ1) is 23.5. The van der Waals surface area contributed by atoms with Gasteiger partial charge in [-0.25, -0.2) is 13.2 Å². The smallest absolute Gasteiger partial charge is 0.345 e. The number of halogens is 1. The summed E-state index contributed by atoms with van der Waals surface area (Å²) < 4.78 is 27.9. The van der Waals surface area contributed by atoms with Crippen molar-refractivity contribution in [1.29, 1.82) is 0 Å². The monoisotopic (exact) mass is 477 g/mol. The van der Waals surface area contributed by atoms with E-state index in [0.717, 1.165) is 16.9 Å². The van der Waals surface area contributed by atoms with Crippen LogP contribution in [0.3, 0.4) is 0 Å². The van der Waals surface area contributed by atoms with Crippen LogP contribution in [0, 0.1) is 0 Å². The van der Waals surface area contributed by atoms with Gasteiger partial charge < -0.3 is 5.11 Å². The molecule has 0 amide bonds. The maximum absolute atomic E-state index is 13.2. The number of nitrogens with zero attached hydrogens (tertiary/aromatic N) is 1. The first-order chi connectivity index (χ1) is 14.9. The molecule has 0 aliphatic rings. The van der Waals surface area contributed by atoms with Gasteiger partial charge in [0.15, 0.2) is 0 Å². The molecule has 2 aromatic carbocycles. The van der Waals surface area contributed by atoms with E-state index in [9.17, 15) is 13.2 Å². The van der Waals surface area contributed by atoms with Crippen molar-refractivity contribution >= 4 is 38.9 Å². The lowest BCUT2D eigenvalue weighted by atomic mass is 10.1. The Morgan fingerprint density at radius 3 is 2.29 bits per heavy atom. The van der Waals surface area contributed by atoms with Crippen LogP contribution >= 0.6 is 22.9 Å². The highest BCUT2D eigenvalue weighted by molar-refractivity contribution is 7.89. The molecule has 3 rings (SSSR count). The van der Waals surface area contributed by atoms with Crippen molar-refractivity contribution in [2.24, 2.45) is 0 Å². The van der Waals surface area contributed by atoms with E-state index >= 15 is 0 Å². The summed E-state index contributed by atoms with van der Waals surface area (Å²) >= 11 is 7.28. The molecule has 0 bridgehead atoms. The Kier molecular flexibility index (Phi) is 8.26. The molecule has 0 aliphatic carbocycles. The van der Waals surface area contributed by atoms with Gasteiger partial charge in [0.1, 0.15) is 4.88 Å². The predicted octanol–water partition coefficient (Wildman–Crippen LogP) is 5.36. The summed E-state index contributed by atoms with van der Waals surface area (Å²) in [5.74, 6) is -0.939. The van der Waals surface area contributed by atoms with Crippen LogP contribution in [0.5, 0.6) is 0 Å². The van der Waals surface area contributed by atoms with Gasteiger partial charge in [0.2, 0.25) is 10.0 Å². The van der Waals surface area contributed by atoms with Gasteiger partial charge in [0.05, 0.1) is 4.90 Å². The second-order valence-electron chi connectivity index (χ2n) is 7.13. The van der Waals surface area contributed by atoms with Crippen molar-refractivity contribution in [3.8, 4) is 0 Å². The van der Waals surface area contributed by atoms with E-state index < -0.39 is 16.0 Å². The van der Waals surface area contributed by atoms with Crippen LogP contribution in [0.25, 0.3) is 0 Å². The summed E-state index contributed by atoms with van der Waals surface area (Å²) in [5, 5.41) is 9.74. The van der Waals surface area contributed by atoms with Crippen LogP contribution in [0.15, 0.2) is 71.6 Å². The molecule has 0 saturated heterocycles. The summed E-state index contributed by atoms with van der Waals surface area (Å²) in [6, 6.07) is 19.4. The van der Waals surface area contributed by atoms with Gasteiger partial charge >= 0.3 is 5.97 Å². The maximum Gasteiger partial charge on any atom is 0.345 e. The Bertz CT molecular complexity index is 1110. The highest BCUT2D eigenvalue weighted by atomic mass is 35.5. The standard InChI is InChI=1S/C23H24ClNO4S2/c24-19-9-4-7-18(17-19)8-5-15-25(31(28,29)21-11-2-1-3-12-21)16-6-10-20-13-14-22(30-20)23(26)27/h1-4,7,9,11-14,17H,5-6,8,10,15-16H2,(H,26,27). The largest absolute Gasteiger partial charge is 0.477 e. The van der Waals surface area contributed by atoms with Gasteiger partial charge in [-0.3, -0.25) is 0 Å². The highest BCUT2D eigenvalue weighted by Gasteiger charge is 2.23. The molecule has 0 fully saturated rings. The van der Waals surface area contributed by atoms with E-state index in [0.29, 0.717) is 42.3 Å². The van der Waals surface area contributed by atoms with Crippen LogP contribution in [0.2, 0.25) is 5.02 Å². The lowest BCUT2D eigenvalue weighted by Crippen LogP contribution is -2.33. The molecule has 0 unspecified atom stereocenters. The number of carboxylic acid groups (broad SMARTS) is 1. The van der Waals surface area contributed by atoms with Gasteiger partial charge in [-0.05, 0) is 67.6 Å². The van der Waals surface area contributed by atoms with Crippen molar-refractivity contribution in [3.63, 3.8) is 0 Å². The highest BCUT2D eigenvalue weighted by Crippen LogP contribution is 2.21. The topological polar surface area (TPSA) is 74.7 Å². The Labute approximate surface area is 192 Å². The minimum atomic E-state index is -3.61. The normalized spacial score (nSPS) is 11.7. The zero-order valence-electron chi connectivity index (χ0n) is 16.9. The molecule has 1 heterocycles. The first-order valence-corrected chi connectivity index (χ1v) is 12.6. The third-order valence-electron chi connectivity index (χ3n) is 4.85. The Balaban J connectivity index is 1.66. The number of thiophene rings is 1. The fourth-order valence-electron chi connectivity index (χ4n) is 3.30. The zero-order chi connectivity index (χ0) is 22.3. The number of rotatable bonds is 11. The van der Waals surface area contributed by atoms with E-state index in [2.05, 4.69) is 0 Å². The number of hydrogen-bond donors (Lipinski definition) is 1. The fraction of sp³-hybridized carbons (Fsp3) is 0.261. The number of aromatic carboxylic acids is 1. The molecule has 1 N–H and O–H groups in total. The van der Waals surface area contributed by atoms with E-state index in [-0.39, 0.29) is 4.90 Å². The molecule has 0 atom stereocenters. The third-order valence-corrected chi connectivity index (χ3v) is 8.13. The molecule has 31 heavy (non-hydrogen) atoms. The van der Waals surface area contributed by atoms with Gasteiger partial charge in [-0.2, -0.15) is 4.31 Å². The van der Waals surface area contributed by atoms with Gasteiger partial charge in [0, 0.05) is 23.0 Å². The predicted molar refractivity (Wildman–Crippen MR) is 125 cm³/mol. The molecule has 1 aromatic heterocycles. The average Bonchev–Trinajstić information content (AvgIpc) is 3.23. The lowest BCUT2D eigenvalue weighted by Gasteiger charge is -2.22. The van der Waals surface area contributed by atoms with Crippen molar-refractivity contribution in [3.05, 3.63) is 87.1 Å². The molecular formula is C23H24ClNO4S2. The number of sulfonamides is 1. The summed E-state index contributed by atoms with van der Waals surface area (Å²) in [6.07, 6.45) is 2.65. The second-order valence-corrected chi connectivity index (χ2v) is 10.7. The van der Waals surface area contributed by atoms with Gasteiger partial charge in [-0.1, -0.05) is 41.9 Å². The quantitative estimate of drug-likeness (QED) is 0.403. The molecule has 164 valence electrons. The van der Waals surface area contributed by atoms with E-state index in [1.165, 1.54) is 15.6 Å². The van der Waals surface area contributed by atoms with Crippen molar-refractivity contribution in [2.75, 3.05) is 13.1 Å². The number of carboxylic acids is 1. The maximum atomic E-state index is 13.2. The second kappa shape index (κ2) is 10.9. The van der Waals surface area contributed by atoms with Crippen LogP contribution in [-0.4, -0.2) is 36.9 Å². The average molecular weight is 478 g/mol. The van der Waals surface area contributed by atoms with Crippen molar-refractivity contribution < 1.29 is 18.3 Å². The molecule has 0 radical (unpaired) electrons. The zero-order valence-corrected chi connectivity index (χ0v) is 19.3. The summed E-state index contributed by atoms with van der Waals surface area (Å²) in [5.41, 5.74) is 1.07. The fourth-order valence-corrected chi connectivity index (χ4v) is 5.94. The Morgan fingerprint density at radius 2 is 1.65 bits per heavy atom. The molecule has 0 spiro atoms. The van der Waals surface area contributed by atoms with Crippen LogP contribution in [0.4, 0.5) is 0 Å². The molecule has 5 nitrogen and oxygen atoms in total. The Morgan fingerprint density at radius 1 is 0.935 bits per heavy atom. The van der Waals surface area contributed by atoms with Crippen molar-refractivity contribution in [1.82, 2.24) is 4.31 Å². The van der Waals surface area contributed by atoms with Crippen LogP contribution in [-0.2, 0) is 22.9 Å². The molecule has 0 aliphatic heterocycles. The molecule has 3 aromatic rings. The van der Waals surface area contributed by atoms with Gasteiger partial charge in [0.25, 0.3) is 0 Å². The number of hydrogen-bond acceptors (Lipinski definition) is 4. The lowest BCUT2D eigenvalue weighted by molar-refractivity contribution is 0.0702.